The van der Waals surface area contributed by atoms with E-state index in [0.29, 0.717) is 5.56 Å². The predicted octanol–water partition coefficient (Wildman–Crippen LogP) is 3.24. The number of amides is 2. The molecule has 0 saturated carbocycles. The molecule has 0 aliphatic carbocycles. The highest BCUT2D eigenvalue weighted by Crippen LogP contribution is 2.17. The average molecular weight is 549 g/mol. The van der Waals surface area contributed by atoms with Crippen LogP contribution >= 0.6 is 0 Å². The molecule has 0 spiro atoms. The molecule has 0 aromatic heterocycles. The van der Waals surface area contributed by atoms with Crippen molar-refractivity contribution in [1.82, 2.24) is 10.6 Å². The van der Waals surface area contributed by atoms with Crippen LogP contribution in [0.2, 0.25) is 0 Å². The Morgan fingerprint density at radius 1 is 0.949 bits per heavy atom. The second-order valence-corrected chi connectivity index (χ2v) is 10.5. The van der Waals surface area contributed by atoms with Gasteiger partial charge in [0, 0.05) is 12.0 Å². The Balaban J connectivity index is 3.00. The van der Waals surface area contributed by atoms with Crippen LogP contribution in [0.15, 0.2) is 36.4 Å². The van der Waals surface area contributed by atoms with E-state index in [1.54, 1.807) is 60.6 Å². The molecular weight excluding hydrogens is 508 g/mol. The third kappa shape index (κ3) is 12.5. The first-order valence-corrected chi connectivity index (χ1v) is 12.6. The van der Waals surface area contributed by atoms with Crippen molar-refractivity contribution in [2.75, 3.05) is 7.11 Å². The Morgan fingerprint density at radius 2 is 1.54 bits per heavy atom. The lowest BCUT2D eigenvalue weighted by atomic mass is 10.0. The van der Waals surface area contributed by atoms with Crippen LogP contribution in [0.4, 0.5) is 4.79 Å². The first kappa shape index (κ1) is 33.1. The number of ether oxygens (including phenoxy) is 4. The van der Waals surface area contributed by atoms with Crippen LogP contribution < -0.4 is 15.4 Å². The zero-order valence-electron chi connectivity index (χ0n) is 23.9. The van der Waals surface area contributed by atoms with E-state index in [0.717, 1.165) is 0 Å². The maximum Gasteiger partial charge on any atom is 0.408 e. The molecule has 0 bridgehead atoms. The van der Waals surface area contributed by atoms with Crippen LogP contribution in [0.1, 0.15) is 60.5 Å². The molecule has 0 aliphatic rings. The van der Waals surface area contributed by atoms with E-state index >= 15 is 0 Å². The van der Waals surface area contributed by atoms with E-state index < -0.39 is 53.7 Å². The molecule has 2 atom stereocenters. The number of benzene rings is 1. The third-order valence-corrected chi connectivity index (χ3v) is 5.02. The summed E-state index contributed by atoms with van der Waals surface area (Å²) in [6.45, 7) is 15.5. The molecule has 0 unspecified atom stereocenters. The summed E-state index contributed by atoms with van der Waals surface area (Å²) in [6.07, 6.45) is -1.40. The van der Waals surface area contributed by atoms with Crippen molar-refractivity contribution >= 4 is 29.9 Å². The number of alkyl carbamates (subject to hydrolysis) is 1. The highest BCUT2D eigenvalue weighted by Gasteiger charge is 2.31. The van der Waals surface area contributed by atoms with E-state index in [9.17, 15) is 24.0 Å². The average Bonchev–Trinajstić information content (AvgIpc) is 2.81. The number of esters is 3. The zero-order chi connectivity index (χ0) is 29.9. The summed E-state index contributed by atoms with van der Waals surface area (Å²) in [7, 11) is 1.20. The molecule has 1 aromatic carbocycles. The summed E-state index contributed by atoms with van der Waals surface area (Å²) >= 11 is 0. The molecule has 2 N–H and O–H groups in total. The Hall–Kier alpha value is -3.89. The molecule has 1 rings (SSSR count). The van der Waals surface area contributed by atoms with E-state index in [1.165, 1.54) is 19.2 Å². The molecule has 0 radical (unpaired) electrons. The highest BCUT2D eigenvalue weighted by molar-refractivity contribution is 5.94. The van der Waals surface area contributed by atoms with Gasteiger partial charge in [-0.05, 0) is 58.2 Å². The highest BCUT2D eigenvalue weighted by atomic mass is 16.6. The van der Waals surface area contributed by atoms with Crippen molar-refractivity contribution < 1.29 is 42.9 Å². The molecule has 39 heavy (non-hydrogen) atoms. The second kappa shape index (κ2) is 14.9. The molecule has 216 valence electrons. The van der Waals surface area contributed by atoms with Crippen LogP contribution in [0, 0.1) is 5.92 Å². The quantitative estimate of drug-likeness (QED) is 0.174. The van der Waals surface area contributed by atoms with Gasteiger partial charge in [-0.25, -0.2) is 14.4 Å². The van der Waals surface area contributed by atoms with Crippen molar-refractivity contribution in [3.05, 3.63) is 42.0 Å². The summed E-state index contributed by atoms with van der Waals surface area (Å²) in [5.41, 5.74) is -0.180. The van der Waals surface area contributed by atoms with Gasteiger partial charge >= 0.3 is 24.0 Å². The van der Waals surface area contributed by atoms with Crippen LogP contribution in [0.5, 0.6) is 5.75 Å². The summed E-state index contributed by atoms with van der Waals surface area (Å²) in [4.78, 5) is 61.7. The van der Waals surface area contributed by atoms with Gasteiger partial charge in [-0.3, -0.25) is 9.59 Å². The summed E-state index contributed by atoms with van der Waals surface area (Å²) in [6, 6.07) is 4.22. The third-order valence-electron chi connectivity index (χ3n) is 5.02. The minimum atomic E-state index is -1.06. The predicted molar refractivity (Wildman–Crippen MR) is 143 cm³/mol. The van der Waals surface area contributed by atoms with Gasteiger partial charge in [0.1, 0.15) is 23.4 Å². The first-order chi connectivity index (χ1) is 18.0. The lowest BCUT2D eigenvalue weighted by Gasteiger charge is -2.27. The van der Waals surface area contributed by atoms with Crippen molar-refractivity contribution in [2.45, 2.75) is 85.1 Å². The largest absolute Gasteiger partial charge is 0.469 e. The summed E-state index contributed by atoms with van der Waals surface area (Å²) in [5.74, 6) is -2.72. The van der Waals surface area contributed by atoms with E-state index in [-0.39, 0.29) is 30.1 Å². The van der Waals surface area contributed by atoms with Crippen LogP contribution in [0.25, 0.3) is 0 Å². The number of carbonyl (C=O) groups is 5. The lowest BCUT2D eigenvalue weighted by Crippen LogP contribution is -2.55. The number of carbonyl (C=O) groups excluding carboxylic acids is 5. The van der Waals surface area contributed by atoms with Gasteiger partial charge in [0.2, 0.25) is 5.91 Å². The number of methoxy groups -OCH3 is 1. The van der Waals surface area contributed by atoms with Crippen LogP contribution in [-0.2, 0) is 39.8 Å². The molecule has 1 aromatic rings. The molecule has 0 saturated heterocycles. The van der Waals surface area contributed by atoms with Crippen molar-refractivity contribution in [2.24, 2.45) is 5.92 Å². The van der Waals surface area contributed by atoms with Gasteiger partial charge in [0.05, 0.1) is 19.6 Å². The molecule has 2 amide bonds. The smallest absolute Gasteiger partial charge is 0.408 e. The first-order valence-electron chi connectivity index (χ1n) is 12.6. The van der Waals surface area contributed by atoms with E-state index in [1.807, 2.05) is 0 Å². The minimum absolute atomic E-state index is 0.0650. The van der Waals surface area contributed by atoms with Gasteiger partial charge in [-0.1, -0.05) is 32.6 Å². The fourth-order valence-electron chi connectivity index (χ4n) is 3.17. The maximum atomic E-state index is 13.1. The van der Waals surface area contributed by atoms with Gasteiger partial charge in [0.15, 0.2) is 0 Å². The summed E-state index contributed by atoms with van der Waals surface area (Å²) < 4.78 is 20.3. The SMILES string of the molecule is C=C(CC(=O)OC)C(=O)Oc1ccc(C[C@H](NC(=O)[C@@H](NC(=O)OC(C)(C)C)C(C)C)C(=O)OC(C)C)cc1. The van der Waals surface area contributed by atoms with Crippen molar-refractivity contribution in [3.63, 3.8) is 0 Å². The van der Waals surface area contributed by atoms with Gasteiger partial charge in [0.25, 0.3) is 0 Å². The summed E-state index contributed by atoms with van der Waals surface area (Å²) in [5, 5.41) is 5.24. The fourth-order valence-corrected chi connectivity index (χ4v) is 3.17. The number of hydrogen-bond donors (Lipinski definition) is 2. The molecule has 11 nitrogen and oxygen atoms in total. The maximum absolute atomic E-state index is 13.1. The fraction of sp³-hybridized carbons (Fsp3) is 0.536. The van der Waals surface area contributed by atoms with E-state index in [2.05, 4.69) is 21.9 Å². The van der Waals surface area contributed by atoms with Crippen LogP contribution in [-0.4, -0.2) is 60.8 Å². The molecule has 11 heteroatoms. The second-order valence-electron chi connectivity index (χ2n) is 10.5. The zero-order valence-corrected chi connectivity index (χ0v) is 23.9. The van der Waals surface area contributed by atoms with Gasteiger partial charge in [-0.2, -0.15) is 0 Å². The standard InChI is InChI=1S/C28H40N2O9/c1-16(2)23(30-27(35)39-28(6,7)8)24(32)29-21(26(34)37-17(3)4)15-19-10-12-20(13-11-19)38-25(33)18(5)14-22(31)36-9/h10-13,16-17,21,23H,5,14-15H2,1-4,6-9H3,(H,29,32)(H,30,35)/t21-,23-/m0/s1. The molecule has 0 heterocycles. The Labute approximate surface area is 229 Å². The van der Waals surface area contributed by atoms with Crippen molar-refractivity contribution in [3.8, 4) is 5.75 Å². The van der Waals surface area contributed by atoms with Crippen molar-refractivity contribution in [1.29, 1.82) is 0 Å². The number of hydrogen-bond acceptors (Lipinski definition) is 9. The van der Waals surface area contributed by atoms with Gasteiger partial charge < -0.3 is 29.6 Å². The number of nitrogens with one attached hydrogen (secondary N) is 2. The topological polar surface area (TPSA) is 146 Å². The van der Waals surface area contributed by atoms with Crippen LogP contribution in [0.3, 0.4) is 0 Å². The number of rotatable bonds is 12. The lowest BCUT2D eigenvalue weighted by molar-refractivity contribution is -0.151. The Kier molecular flexibility index (Phi) is 12.7. The Morgan fingerprint density at radius 3 is 2.03 bits per heavy atom. The molecule has 0 aliphatic heterocycles. The normalized spacial score (nSPS) is 12.7. The Bertz CT molecular complexity index is 1040. The molecule has 0 fully saturated rings. The minimum Gasteiger partial charge on any atom is -0.469 e. The van der Waals surface area contributed by atoms with Gasteiger partial charge in [-0.15, -0.1) is 0 Å². The molecular formula is C28H40N2O9. The monoisotopic (exact) mass is 548 g/mol. The van der Waals surface area contributed by atoms with E-state index in [4.69, 9.17) is 14.2 Å².